The molecule has 150 valence electrons. The zero-order chi connectivity index (χ0) is 21.3. The average Bonchev–Trinajstić information content (AvgIpc) is 3.17. The summed E-state index contributed by atoms with van der Waals surface area (Å²) in [6.45, 7) is 1.59. The van der Waals surface area contributed by atoms with Crippen LogP contribution in [0.5, 0.6) is 5.75 Å². The van der Waals surface area contributed by atoms with Crippen molar-refractivity contribution in [3.63, 3.8) is 0 Å². The fourth-order valence-corrected chi connectivity index (χ4v) is 3.24. The van der Waals surface area contributed by atoms with E-state index in [-0.39, 0.29) is 5.69 Å². The topological polar surface area (TPSA) is 110 Å². The summed E-state index contributed by atoms with van der Waals surface area (Å²) in [6.07, 6.45) is 0. The largest absolute Gasteiger partial charge is 0.495 e. The fraction of sp³-hybridized carbons (Fsp3) is 0.0909. The van der Waals surface area contributed by atoms with Crippen molar-refractivity contribution in [3.8, 4) is 17.1 Å². The first kappa shape index (κ1) is 19.1. The zero-order valence-electron chi connectivity index (χ0n) is 16.3. The number of aromatic nitrogens is 2. The van der Waals surface area contributed by atoms with Gasteiger partial charge in [-0.25, -0.2) is 4.98 Å². The molecule has 8 heteroatoms. The van der Waals surface area contributed by atoms with Gasteiger partial charge in [0.25, 0.3) is 11.6 Å². The molecule has 0 radical (unpaired) electrons. The molecule has 0 spiro atoms. The Kier molecular flexibility index (Phi) is 4.89. The molecule has 0 aliphatic rings. The number of nitrogens with one attached hydrogen (secondary N) is 2. The van der Waals surface area contributed by atoms with Gasteiger partial charge in [0.05, 0.1) is 28.8 Å². The molecule has 2 N–H and O–H groups in total. The van der Waals surface area contributed by atoms with Gasteiger partial charge in [-0.15, -0.1) is 0 Å². The molecule has 0 saturated carbocycles. The van der Waals surface area contributed by atoms with Gasteiger partial charge in [0, 0.05) is 22.8 Å². The summed E-state index contributed by atoms with van der Waals surface area (Å²) in [7, 11) is 1.52. The molecule has 1 aromatic heterocycles. The number of fused-ring (bicyclic) bond motifs is 1. The number of anilines is 1. The molecule has 8 nitrogen and oxygen atoms in total. The lowest BCUT2D eigenvalue weighted by Gasteiger charge is -2.12. The van der Waals surface area contributed by atoms with Gasteiger partial charge in [-0.2, -0.15) is 0 Å². The molecule has 4 aromatic rings. The number of benzene rings is 3. The van der Waals surface area contributed by atoms with Crippen molar-refractivity contribution in [2.75, 3.05) is 12.4 Å². The number of imidazole rings is 1. The number of nitrogens with zero attached hydrogens (tertiary/aromatic N) is 2. The minimum Gasteiger partial charge on any atom is -0.495 e. The summed E-state index contributed by atoms with van der Waals surface area (Å²) in [4.78, 5) is 31.1. The summed E-state index contributed by atoms with van der Waals surface area (Å²) < 4.78 is 5.37. The van der Waals surface area contributed by atoms with E-state index in [4.69, 9.17) is 4.74 Å². The van der Waals surface area contributed by atoms with Gasteiger partial charge >= 0.3 is 0 Å². The number of aromatic amines is 1. The summed E-state index contributed by atoms with van der Waals surface area (Å²) >= 11 is 0. The quantitative estimate of drug-likeness (QED) is 0.371. The van der Waals surface area contributed by atoms with Gasteiger partial charge in [-0.1, -0.05) is 12.1 Å². The molecule has 0 aliphatic carbocycles. The predicted molar refractivity (Wildman–Crippen MR) is 114 cm³/mol. The molecule has 30 heavy (non-hydrogen) atoms. The second-order valence-corrected chi connectivity index (χ2v) is 6.73. The van der Waals surface area contributed by atoms with Crippen molar-refractivity contribution in [3.05, 3.63) is 81.9 Å². The van der Waals surface area contributed by atoms with Crippen molar-refractivity contribution >= 4 is 28.3 Å². The van der Waals surface area contributed by atoms with E-state index in [1.54, 1.807) is 19.1 Å². The van der Waals surface area contributed by atoms with Crippen LogP contribution in [0.1, 0.15) is 15.9 Å². The molecule has 0 aliphatic heterocycles. The van der Waals surface area contributed by atoms with E-state index in [2.05, 4.69) is 15.3 Å². The monoisotopic (exact) mass is 402 g/mol. The summed E-state index contributed by atoms with van der Waals surface area (Å²) in [6, 6.07) is 17.3. The fourth-order valence-electron chi connectivity index (χ4n) is 3.24. The molecule has 0 saturated heterocycles. The number of ether oxygens (including phenoxy) is 1. The maximum absolute atomic E-state index is 12.7. The average molecular weight is 402 g/mol. The first-order valence-corrected chi connectivity index (χ1v) is 9.16. The Balaban J connectivity index is 1.66. The molecule has 1 amide bonds. The van der Waals surface area contributed by atoms with Crippen LogP contribution in [-0.2, 0) is 0 Å². The van der Waals surface area contributed by atoms with Crippen LogP contribution in [0, 0.1) is 17.0 Å². The van der Waals surface area contributed by atoms with Gasteiger partial charge in [0.1, 0.15) is 11.6 Å². The van der Waals surface area contributed by atoms with Gasteiger partial charge in [0.15, 0.2) is 0 Å². The molecule has 1 heterocycles. The summed E-state index contributed by atoms with van der Waals surface area (Å²) in [5, 5.41) is 13.8. The first-order valence-electron chi connectivity index (χ1n) is 9.16. The molecule has 0 fully saturated rings. The normalized spacial score (nSPS) is 10.7. The summed E-state index contributed by atoms with van der Waals surface area (Å²) in [5.74, 6) is 0.760. The highest BCUT2D eigenvalue weighted by Gasteiger charge is 2.16. The van der Waals surface area contributed by atoms with Crippen molar-refractivity contribution in [2.24, 2.45) is 0 Å². The Hall–Kier alpha value is -4.20. The zero-order valence-corrected chi connectivity index (χ0v) is 16.3. The van der Waals surface area contributed by atoms with Crippen LogP contribution in [0.4, 0.5) is 11.4 Å². The highest BCUT2D eigenvalue weighted by Crippen LogP contribution is 2.31. The second kappa shape index (κ2) is 7.67. The van der Waals surface area contributed by atoms with Crippen molar-refractivity contribution in [1.29, 1.82) is 0 Å². The molecular formula is C22H18N4O4. The molecule has 0 atom stereocenters. The van der Waals surface area contributed by atoms with Gasteiger partial charge in [-0.3, -0.25) is 14.9 Å². The number of nitro groups is 1. The van der Waals surface area contributed by atoms with Gasteiger partial charge in [-0.05, 0) is 49.4 Å². The molecule has 0 bridgehead atoms. The number of aryl methyl sites for hydroxylation is 1. The molecule has 0 unspecified atom stereocenters. The minimum atomic E-state index is -0.475. The molecule has 4 rings (SSSR count). The van der Waals surface area contributed by atoms with Crippen LogP contribution in [0.15, 0.2) is 60.7 Å². The van der Waals surface area contributed by atoms with Crippen LogP contribution in [-0.4, -0.2) is 27.9 Å². The van der Waals surface area contributed by atoms with E-state index in [1.165, 1.54) is 25.3 Å². The number of hydrogen-bond donors (Lipinski definition) is 2. The van der Waals surface area contributed by atoms with Crippen LogP contribution in [0.2, 0.25) is 0 Å². The molecule has 3 aromatic carbocycles. The standard InChI is InChI=1S/C22H18N4O4/c1-13-11-15(7-9-19(13)26(28)29)22(27)25-18-12-14(8-10-20(18)30-2)21-23-16-5-3-4-6-17(16)24-21/h3-12H,1-2H3,(H,23,24)(H,25,27). The van der Waals surface area contributed by atoms with Gasteiger partial charge in [0.2, 0.25) is 0 Å². The predicted octanol–water partition coefficient (Wildman–Crippen LogP) is 4.71. The summed E-state index contributed by atoms with van der Waals surface area (Å²) in [5.41, 5.74) is 3.70. The number of carbonyl (C=O) groups excluding carboxylic acids is 1. The Morgan fingerprint density at radius 2 is 1.93 bits per heavy atom. The van der Waals surface area contributed by atoms with Crippen LogP contribution >= 0.6 is 0 Å². The van der Waals surface area contributed by atoms with Crippen LogP contribution in [0.25, 0.3) is 22.4 Å². The van der Waals surface area contributed by atoms with Gasteiger partial charge < -0.3 is 15.0 Å². The number of rotatable bonds is 5. The highest BCUT2D eigenvalue weighted by atomic mass is 16.6. The van der Waals surface area contributed by atoms with Crippen LogP contribution in [0.3, 0.4) is 0 Å². The van der Waals surface area contributed by atoms with E-state index < -0.39 is 10.8 Å². The van der Waals surface area contributed by atoms with Crippen molar-refractivity contribution in [2.45, 2.75) is 6.92 Å². The van der Waals surface area contributed by atoms with Crippen molar-refractivity contribution < 1.29 is 14.5 Å². The van der Waals surface area contributed by atoms with E-state index in [1.807, 2.05) is 30.3 Å². The van der Waals surface area contributed by atoms with E-state index in [0.29, 0.717) is 28.4 Å². The number of methoxy groups -OCH3 is 1. The number of carbonyl (C=O) groups is 1. The first-order chi connectivity index (χ1) is 14.5. The smallest absolute Gasteiger partial charge is 0.272 e. The maximum atomic E-state index is 12.7. The lowest BCUT2D eigenvalue weighted by molar-refractivity contribution is -0.385. The Bertz CT molecular complexity index is 1250. The molecular weight excluding hydrogens is 384 g/mol. The Morgan fingerprint density at radius 1 is 1.13 bits per heavy atom. The Labute approximate surface area is 171 Å². The van der Waals surface area contributed by atoms with Crippen LogP contribution < -0.4 is 10.1 Å². The highest BCUT2D eigenvalue weighted by molar-refractivity contribution is 6.05. The number of hydrogen-bond acceptors (Lipinski definition) is 5. The third-order valence-corrected chi connectivity index (χ3v) is 4.77. The number of H-pyrrole nitrogens is 1. The maximum Gasteiger partial charge on any atom is 0.272 e. The third-order valence-electron chi connectivity index (χ3n) is 4.77. The second-order valence-electron chi connectivity index (χ2n) is 6.73. The van der Waals surface area contributed by atoms with Crippen molar-refractivity contribution in [1.82, 2.24) is 9.97 Å². The lowest BCUT2D eigenvalue weighted by Crippen LogP contribution is -2.13. The van der Waals surface area contributed by atoms with E-state index in [9.17, 15) is 14.9 Å². The number of nitro benzene ring substituents is 1. The third kappa shape index (κ3) is 3.58. The van der Waals surface area contributed by atoms with E-state index in [0.717, 1.165) is 16.6 Å². The lowest BCUT2D eigenvalue weighted by atomic mass is 10.1. The van der Waals surface area contributed by atoms with E-state index >= 15 is 0 Å². The minimum absolute atomic E-state index is 0.0315. The number of amides is 1. The number of para-hydroxylation sites is 2. The SMILES string of the molecule is COc1ccc(-c2nc3ccccc3[nH]2)cc1NC(=O)c1ccc([N+](=O)[O-])c(C)c1. The Morgan fingerprint density at radius 3 is 2.63 bits per heavy atom.